The molecule has 0 atom stereocenters. The van der Waals surface area contributed by atoms with Crippen LogP contribution >= 0.6 is 0 Å². The summed E-state index contributed by atoms with van der Waals surface area (Å²) in [4.78, 5) is 90.7. The summed E-state index contributed by atoms with van der Waals surface area (Å²) in [5.41, 5.74) is 1.51. The first-order valence-corrected chi connectivity index (χ1v) is 17.5. The molecule has 57 heavy (non-hydrogen) atoms. The monoisotopic (exact) mass is 750 g/mol. The van der Waals surface area contributed by atoms with Crippen molar-refractivity contribution in [2.45, 2.75) is 0 Å². The molecule has 8 aromatic rings. The normalized spacial score (nSPS) is 13.5. The summed E-state index contributed by atoms with van der Waals surface area (Å²) in [5.74, 6) is -1.84. The van der Waals surface area contributed by atoms with Crippen LogP contribution in [0.4, 0.5) is 11.4 Å². The zero-order valence-corrected chi connectivity index (χ0v) is 29.2. The third-order valence-electron chi connectivity index (χ3n) is 9.73. The molecule has 272 valence electrons. The molecule has 2 aliphatic heterocycles. The Morgan fingerprint density at radius 1 is 0.421 bits per heavy atom. The Morgan fingerprint density at radius 2 is 0.842 bits per heavy atom. The van der Waals surface area contributed by atoms with Gasteiger partial charge in [-0.3, -0.25) is 19.2 Å². The topological polar surface area (TPSA) is 170 Å². The van der Waals surface area contributed by atoms with Gasteiger partial charge < -0.3 is 13.6 Å². The number of ether oxygens (including phenoxy) is 1. The first-order chi connectivity index (χ1) is 27.7. The molecule has 0 N–H and O–H groups in total. The lowest BCUT2D eigenvalue weighted by Crippen LogP contribution is -2.29. The molecular weight excluding hydrogens is 729 g/mol. The second-order valence-electron chi connectivity index (χ2n) is 13.2. The number of anilines is 2. The number of hydrogen-bond acceptors (Lipinski definition) is 11. The summed E-state index contributed by atoms with van der Waals surface area (Å²) in [6.45, 7) is 0. The van der Waals surface area contributed by atoms with Gasteiger partial charge in [0.15, 0.2) is 0 Å². The van der Waals surface area contributed by atoms with E-state index in [0.29, 0.717) is 32.9 Å². The van der Waals surface area contributed by atoms with Crippen LogP contribution in [-0.4, -0.2) is 33.6 Å². The van der Waals surface area contributed by atoms with Gasteiger partial charge >= 0.3 is 11.3 Å². The number of amides is 4. The van der Waals surface area contributed by atoms with Crippen molar-refractivity contribution in [1.82, 2.24) is 9.97 Å². The van der Waals surface area contributed by atoms with Crippen LogP contribution in [0.5, 0.6) is 11.5 Å². The van der Waals surface area contributed by atoms with E-state index in [2.05, 4.69) is 9.97 Å². The number of imide groups is 2. The van der Waals surface area contributed by atoms with Gasteiger partial charge in [0.05, 0.1) is 55.4 Å². The molecule has 0 fully saturated rings. The number of rotatable bonds is 6. The van der Waals surface area contributed by atoms with Crippen molar-refractivity contribution in [3.8, 4) is 34.4 Å². The highest BCUT2D eigenvalue weighted by Crippen LogP contribution is 2.37. The van der Waals surface area contributed by atoms with Crippen LogP contribution in [0.3, 0.4) is 0 Å². The van der Waals surface area contributed by atoms with Gasteiger partial charge in [0, 0.05) is 11.1 Å². The van der Waals surface area contributed by atoms with Crippen LogP contribution < -0.4 is 25.8 Å². The zero-order valence-electron chi connectivity index (χ0n) is 29.2. The van der Waals surface area contributed by atoms with Crippen molar-refractivity contribution in [3.05, 3.63) is 177 Å². The largest absolute Gasteiger partial charge is 0.457 e. The highest BCUT2D eigenvalue weighted by Gasteiger charge is 2.39. The summed E-state index contributed by atoms with van der Waals surface area (Å²) < 4.78 is 17.0. The Kier molecular flexibility index (Phi) is 7.37. The number of carbonyl (C=O) groups is 4. The Labute approximate surface area is 319 Å². The second-order valence-corrected chi connectivity index (χ2v) is 13.2. The first kappa shape index (κ1) is 33.3. The van der Waals surface area contributed by atoms with Crippen LogP contribution in [0, 0.1) is 0 Å². The summed E-state index contributed by atoms with van der Waals surface area (Å²) in [7, 11) is 0. The van der Waals surface area contributed by atoms with Gasteiger partial charge in [0.25, 0.3) is 23.6 Å². The fraction of sp³-hybridized carbons (Fsp3) is 0. The smallest absolute Gasteiger partial charge is 0.347 e. The Morgan fingerprint density at radius 3 is 1.30 bits per heavy atom. The number of carbonyl (C=O) groups excluding carboxylic acids is 4. The van der Waals surface area contributed by atoms with Crippen LogP contribution in [0.25, 0.3) is 44.7 Å². The molecule has 0 spiro atoms. The van der Waals surface area contributed by atoms with Crippen molar-refractivity contribution in [2.75, 3.05) is 9.80 Å². The van der Waals surface area contributed by atoms with Gasteiger partial charge in [0.1, 0.15) is 11.5 Å². The van der Waals surface area contributed by atoms with Gasteiger partial charge in [0.2, 0.25) is 11.8 Å². The van der Waals surface area contributed by atoms with Crippen molar-refractivity contribution >= 4 is 56.8 Å². The maximum atomic E-state index is 13.7. The Hall–Kier alpha value is -8.32. The van der Waals surface area contributed by atoms with Crippen LogP contribution in [0.1, 0.15) is 41.4 Å². The van der Waals surface area contributed by atoms with E-state index in [1.54, 1.807) is 97.1 Å². The maximum Gasteiger partial charge on any atom is 0.347 e. The first-order valence-electron chi connectivity index (χ1n) is 17.5. The minimum absolute atomic E-state index is 0.0344. The summed E-state index contributed by atoms with van der Waals surface area (Å²) >= 11 is 0. The molecule has 0 unspecified atom stereocenters. The molecule has 0 saturated carbocycles. The van der Waals surface area contributed by atoms with Gasteiger partial charge in [-0.1, -0.05) is 36.4 Å². The number of hydrogen-bond donors (Lipinski definition) is 0. The quantitative estimate of drug-likeness (QED) is 0.155. The molecule has 4 amide bonds. The highest BCUT2D eigenvalue weighted by molar-refractivity contribution is 6.35. The standard InChI is InChI=1S/C44H22N4O9/c49-39-29-17-15-27(21-33(29)41(51)47(39)25-9-5-7-23(19-25)37-45-35-13-3-1-11-31(35)43(53)56-37)55-28-16-18-30-34(22-28)42(52)48(40(30)50)26-10-6-8-24(20-26)38-46-36-14-4-2-12-32(36)44(54)57-38/h1-22H. The van der Waals surface area contributed by atoms with Gasteiger partial charge in [-0.2, -0.15) is 0 Å². The summed E-state index contributed by atoms with van der Waals surface area (Å²) in [6.07, 6.45) is 0. The minimum atomic E-state index is -0.601. The van der Waals surface area contributed by atoms with Gasteiger partial charge in [-0.15, -0.1) is 0 Å². The van der Waals surface area contributed by atoms with Gasteiger partial charge in [-0.25, -0.2) is 29.4 Å². The molecule has 6 aromatic carbocycles. The van der Waals surface area contributed by atoms with E-state index >= 15 is 0 Å². The third-order valence-corrected chi connectivity index (χ3v) is 9.73. The van der Waals surface area contributed by atoms with E-state index in [-0.39, 0.29) is 56.9 Å². The lowest BCUT2D eigenvalue weighted by molar-refractivity contribution is 0.0910. The molecule has 2 aliphatic rings. The van der Waals surface area contributed by atoms with E-state index in [9.17, 15) is 28.8 Å². The number of para-hydroxylation sites is 2. The molecule has 10 rings (SSSR count). The van der Waals surface area contributed by atoms with Crippen LogP contribution in [0.2, 0.25) is 0 Å². The average molecular weight is 751 g/mol. The third kappa shape index (κ3) is 5.40. The Bertz CT molecular complexity index is 3010. The van der Waals surface area contributed by atoms with E-state index in [1.807, 2.05) is 0 Å². The van der Waals surface area contributed by atoms with E-state index in [0.717, 1.165) is 9.80 Å². The summed E-state index contributed by atoms with van der Waals surface area (Å²) in [5, 5.41) is 0.654. The van der Waals surface area contributed by atoms with Crippen molar-refractivity contribution in [2.24, 2.45) is 0 Å². The van der Waals surface area contributed by atoms with Crippen LogP contribution in [-0.2, 0) is 0 Å². The molecule has 4 heterocycles. The fourth-order valence-corrected chi connectivity index (χ4v) is 7.01. The molecular formula is C44H22N4O9. The van der Waals surface area contributed by atoms with Crippen molar-refractivity contribution in [3.63, 3.8) is 0 Å². The lowest BCUT2D eigenvalue weighted by atomic mass is 10.1. The number of aromatic nitrogens is 2. The minimum Gasteiger partial charge on any atom is -0.457 e. The SMILES string of the molecule is O=C1c2ccc(Oc3ccc4c(c3)C(=O)N(c3cccc(-c5nc6ccccc6c(=O)o5)c3)C4=O)cc2C(=O)N1c1cccc(-c2nc3ccccc3c(=O)o2)c1. The van der Waals surface area contributed by atoms with Crippen molar-refractivity contribution in [1.29, 1.82) is 0 Å². The predicted molar refractivity (Wildman–Crippen MR) is 207 cm³/mol. The summed E-state index contributed by atoms with van der Waals surface area (Å²) in [6, 6.07) is 35.2. The molecule has 0 bridgehead atoms. The number of fused-ring (bicyclic) bond motifs is 4. The zero-order chi connectivity index (χ0) is 38.9. The van der Waals surface area contributed by atoms with E-state index in [1.165, 1.54) is 36.4 Å². The number of benzene rings is 6. The fourth-order valence-electron chi connectivity index (χ4n) is 7.01. The Balaban J connectivity index is 0.899. The average Bonchev–Trinajstić information content (AvgIpc) is 3.63. The van der Waals surface area contributed by atoms with Crippen molar-refractivity contribution < 1.29 is 32.7 Å². The molecule has 0 saturated heterocycles. The molecule has 2 aromatic heterocycles. The molecule has 0 radical (unpaired) electrons. The molecule has 0 aliphatic carbocycles. The highest BCUT2D eigenvalue weighted by atomic mass is 16.5. The maximum absolute atomic E-state index is 13.7. The predicted octanol–water partition coefficient (Wildman–Crippen LogP) is 7.42. The lowest BCUT2D eigenvalue weighted by Gasteiger charge is -2.14. The van der Waals surface area contributed by atoms with E-state index < -0.39 is 34.9 Å². The number of nitrogens with zero attached hydrogens (tertiary/aromatic N) is 4. The van der Waals surface area contributed by atoms with E-state index in [4.69, 9.17) is 13.6 Å². The van der Waals surface area contributed by atoms with Crippen LogP contribution in [0.15, 0.2) is 152 Å². The van der Waals surface area contributed by atoms with Gasteiger partial charge in [-0.05, 0) is 97.1 Å². The molecule has 13 nitrogen and oxygen atoms in total. The second kappa shape index (κ2) is 12.6. The molecule has 13 heteroatoms.